The Bertz CT molecular complexity index is 587. The number of para-hydroxylation sites is 1. The van der Waals surface area contributed by atoms with Crippen molar-refractivity contribution in [3.8, 4) is 5.75 Å². The van der Waals surface area contributed by atoms with Crippen molar-refractivity contribution in [3.05, 3.63) is 30.3 Å². The molecule has 2 heterocycles. The van der Waals surface area contributed by atoms with Crippen molar-refractivity contribution in [1.29, 1.82) is 0 Å². The Morgan fingerprint density at radius 1 is 1.19 bits per heavy atom. The highest BCUT2D eigenvalue weighted by Crippen LogP contribution is 2.18. The van der Waals surface area contributed by atoms with Crippen LogP contribution in [0.2, 0.25) is 0 Å². The number of amides is 2. The Balaban J connectivity index is 1.39. The zero-order valence-electron chi connectivity index (χ0n) is 15.2. The van der Waals surface area contributed by atoms with Crippen LogP contribution in [0.3, 0.4) is 0 Å². The smallest absolute Gasteiger partial charge is 0.226 e. The van der Waals surface area contributed by atoms with Gasteiger partial charge in [0.15, 0.2) is 0 Å². The molecule has 0 saturated carbocycles. The molecule has 1 aromatic carbocycles. The molecular formula is C20H28N2O4. The van der Waals surface area contributed by atoms with Crippen molar-refractivity contribution in [2.24, 2.45) is 5.92 Å². The first-order chi connectivity index (χ1) is 12.7. The number of carbonyl (C=O) groups is 2. The van der Waals surface area contributed by atoms with Gasteiger partial charge in [0.2, 0.25) is 11.8 Å². The fourth-order valence-electron chi connectivity index (χ4n) is 3.51. The zero-order valence-corrected chi connectivity index (χ0v) is 15.2. The van der Waals surface area contributed by atoms with E-state index in [2.05, 4.69) is 5.32 Å². The van der Waals surface area contributed by atoms with Crippen molar-refractivity contribution in [3.63, 3.8) is 0 Å². The lowest BCUT2D eigenvalue weighted by Gasteiger charge is -2.32. The predicted octanol–water partition coefficient (Wildman–Crippen LogP) is 1.99. The molecule has 0 bridgehead atoms. The Morgan fingerprint density at radius 3 is 2.81 bits per heavy atom. The van der Waals surface area contributed by atoms with Crippen LogP contribution in [-0.4, -0.2) is 55.7 Å². The van der Waals surface area contributed by atoms with Crippen LogP contribution in [0.1, 0.15) is 32.1 Å². The minimum Gasteiger partial charge on any atom is -0.493 e. The standard InChI is InChI=1S/C20H28N2O4/c23-19(10-13-26-17-7-2-1-3-8-17)22-11-4-6-16(15-22)20(24)21-14-18-9-5-12-25-18/h1-3,7-8,16,18H,4-6,9-15H2,(H,21,24)/t16-,18-/m1/s1. The zero-order chi connectivity index (χ0) is 18.2. The molecule has 2 fully saturated rings. The maximum absolute atomic E-state index is 12.4. The van der Waals surface area contributed by atoms with Crippen molar-refractivity contribution < 1.29 is 19.1 Å². The van der Waals surface area contributed by atoms with E-state index >= 15 is 0 Å². The maximum atomic E-state index is 12.4. The monoisotopic (exact) mass is 360 g/mol. The fourth-order valence-corrected chi connectivity index (χ4v) is 3.51. The van der Waals surface area contributed by atoms with Gasteiger partial charge >= 0.3 is 0 Å². The summed E-state index contributed by atoms with van der Waals surface area (Å²) in [5.74, 6) is 0.741. The molecule has 0 aliphatic carbocycles. The largest absolute Gasteiger partial charge is 0.493 e. The van der Waals surface area contributed by atoms with Crippen LogP contribution in [-0.2, 0) is 14.3 Å². The number of nitrogens with one attached hydrogen (secondary N) is 1. The predicted molar refractivity (Wildman–Crippen MR) is 97.8 cm³/mol. The molecular weight excluding hydrogens is 332 g/mol. The van der Waals surface area contributed by atoms with Crippen LogP contribution in [0.15, 0.2) is 30.3 Å². The number of nitrogens with zero attached hydrogens (tertiary/aromatic N) is 1. The minimum atomic E-state index is -0.121. The quantitative estimate of drug-likeness (QED) is 0.807. The molecule has 0 aromatic heterocycles. The van der Waals surface area contributed by atoms with Crippen LogP contribution in [0.5, 0.6) is 5.75 Å². The van der Waals surface area contributed by atoms with Gasteiger partial charge in [0.05, 0.1) is 25.0 Å². The van der Waals surface area contributed by atoms with Gasteiger partial charge in [-0.25, -0.2) is 0 Å². The average molecular weight is 360 g/mol. The Hall–Kier alpha value is -2.08. The number of hydrogen-bond donors (Lipinski definition) is 1. The molecule has 6 heteroatoms. The van der Waals surface area contributed by atoms with E-state index in [1.54, 1.807) is 4.90 Å². The number of ether oxygens (including phenoxy) is 2. The number of carbonyl (C=O) groups excluding carboxylic acids is 2. The highest BCUT2D eigenvalue weighted by atomic mass is 16.5. The van der Waals surface area contributed by atoms with Gasteiger partial charge in [-0.15, -0.1) is 0 Å². The summed E-state index contributed by atoms with van der Waals surface area (Å²) >= 11 is 0. The molecule has 6 nitrogen and oxygen atoms in total. The second kappa shape index (κ2) is 9.57. The molecule has 0 spiro atoms. The maximum Gasteiger partial charge on any atom is 0.226 e. The van der Waals surface area contributed by atoms with Gasteiger partial charge in [0.25, 0.3) is 0 Å². The first kappa shape index (κ1) is 18.7. The van der Waals surface area contributed by atoms with Gasteiger partial charge in [-0.1, -0.05) is 18.2 Å². The second-order valence-corrected chi connectivity index (χ2v) is 6.97. The summed E-state index contributed by atoms with van der Waals surface area (Å²) in [6, 6.07) is 9.48. The molecule has 2 amide bonds. The third-order valence-corrected chi connectivity index (χ3v) is 5.00. The van der Waals surface area contributed by atoms with E-state index in [9.17, 15) is 9.59 Å². The van der Waals surface area contributed by atoms with Crippen LogP contribution in [0, 0.1) is 5.92 Å². The minimum absolute atomic E-state index is 0.0403. The number of benzene rings is 1. The van der Waals surface area contributed by atoms with Crippen molar-refractivity contribution >= 4 is 11.8 Å². The molecule has 0 radical (unpaired) electrons. The lowest BCUT2D eigenvalue weighted by Crippen LogP contribution is -2.46. The van der Waals surface area contributed by atoms with Crippen molar-refractivity contribution in [1.82, 2.24) is 10.2 Å². The summed E-state index contributed by atoms with van der Waals surface area (Å²) in [5.41, 5.74) is 0. The van der Waals surface area contributed by atoms with Gasteiger partial charge in [-0.2, -0.15) is 0 Å². The van der Waals surface area contributed by atoms with E-state index < -0.39 is 0 Å². The van der Waals surface area contributed by atoms with Gasteiger partial charge in [0.1, 0.15) is 5.75 Å². The average Bonchev–Trinajstić information content (AvgIpc) is 3.20. The van der Waals surface area contributed by atoms with Gasteiger partial charge < -0.3 is 19.7 Å². The third-order valence-electron chi connectivity index (χ3n) is 5.00. The summed E-state index contributed by atoms with van der Waals surface area (Å²) in [7, 11) is 0. The summed E-state index contributed by atoms with van der Waals surface area (Å²) in [4.78, 5) is 26.6. The van der Waals surface area contributed by atoms with Crippen LogP contribution in [0.25, 0.3) is 0 Å². The van der Waals surface area contributed by atoms with Crippen LogP contribution >= 0.6 is 0 Å². The first-order valence-corrected chi connectivity index (χ1v) is 9.57. The molecule has 2 atom stereocenters. The van der Waals surface area contributed by atoms with Gasteiger partial charge in [-0.05, 0) is 37.8 Å². The van der Waals surface area contributed by atoms with Gasteiger partial charge in [-0.3, -0.25) is 9.59 Å². The van der Waals surface area contributed by atoms with E-state index in [0.717, 1.165) is 44.6 Å². The van der Waals surface area contributed by atoms with Crippen LogP contribution < -0.4 is 10.1 Å². The van der Waals surface area contributed by atoms with E-state index in [-0.39, 0.29) is 23.8 Å². The molecule has 1 N–H and O–H groups in total. The number of likely N-dealkylation sites (tertiary alicyclic amines) is 1. The fraction of sp³-hybridized carbons (Fsp3) is 0.600. The molecule has 0 unspecified atom stereocenters. The molecule has 26 heavy (non-hydrogen) atoms. The van der Waals surface area contributed by atoms with E-state index in [0.29, 0.717) is 26.1 Å². The van der Waals surface area contributed by atoms with E-state index in [4.69, 9.17) is 9.47 Å². The number of hydrogen-bond acceptors (Lipinski definition) is 4. The highest BCUT2D eigenvalue weighted by molar-refractivity contribution is 5.81. The van der Waals surface area contributed by atoms with E-state index in [1.807, 2.05) is 30.3 Å². The summed E-state index contributed by atoms with van der Waals surface area (Å²) < 4.78 is 11.1. The summed E-state index contributed by atoms with van der Waals surface area (Å²) in [6.45, 7) is 2.95. The molecule has 142 valence electrons. The Labute approximate surface area is 154 Å². The van der Waals surface area contributed by atoms with Crippen molar-refractivity contribution in [2.45, 2.75) is 38.2 Å². The molecule has 3 rings (SSSR count). The molecule has 1 aromatic rings. The molecule has 2 saturated heterocycles. The molecule has 2 aliphatic heterocycles. The van der Waals surface area contributed by atoms with Gasteiger partial charge in [0, 0.05) is 26.2 Å². The normalized spacial score (nSPS) is 22.8. The van der Waals surface area contributed by atoms with Crippen LogP contribution in [0.4, 0.5) is 0 Å². The summed E-state index contributed by atoms with van der Waals surface area (Å²) in [6.07, 6.45) is 4.26. The molecule has 2 aliphatic rings. The third kappa shape index (κ3) is 5.46. The first-order valence-electron chi connectivity index (χ1n) is 9.57. The Morgan fingerprint density at radius 2 is 2.04 bits per heavy atom. The highest BCUT2D eigenvalue weighted by Gasteiger charge is 2.28. The topological polar surface area (TPSA) is 67.9 Å². The number of piperidine rings is 1. The van der Waals surface area contributed by atoms with E-state index in [1.165, 1.54) is 0 Å². The second-order valence-electron chi connectivity index (χ2n) is 6.97. The summed E-state index contributed by atoms with van der Waals surface area (Å²) in [5, 5.41) is 2.99. The number of rotatable bonds is 7. The Kier molecular flexibility index (Phi) is 6.89. The van der Waals surface area contributed by atoms with Crippen molar-refractivity contribution in [2.75, 3.05) is 32.8 Å². The lowest BCUT2D eigenvalue weighted by atomic mass is 9.96. The lowest BCUT2D eigenvalue weighted by molar-refractivity contribution is -0.136. The SMILES string of the molecule is O=C(NC[C@H]1CCCO1)[C@@H]1CCCN(C(=O)CCOc2ccccc2)C1.